The zero-order valence-corrected chi connectivity index (χ0v) is 15.6. The number of hydrogen-bond donors (Lipinski definition) is 1. The third-order valence-corrected chi connectivity index (χ3v) is 4.54. The summed E-state index contributed by atoms with van der Waals surface area (Å²) in [5.41, 5.74) is 2.74. The summed E-state index contributed by atoms with van der Waals surface area (Å²) in [5.74, 6) is 0. The van der Waals surface area contributed by atoms with Crippen LogP contribution in [0.15, 0.2) is 47.4 Å². The van der Waals surface area contributed by atoms with Crippen LogP contribution in [0.4, 0.5) is 16.2 Å². The molecule has 0 heterocycles. The molecular weight excluding hydrogens is 344 g/mol. The highest BCUT2D eigenvalue weighted by molar-refractivity contribution is 7.98. The highest BCUT2D eigenvalue weighted by Crippen LogP contribution is 2.28. The highest BCUT2D eigenvalue weighted by Gasteiger charge is 2.09. The van der Waals surface area contributed by atoms with Crippen LogP contribution in [0.2, 0.25) is 5.02 Å². The molecule has 0 unspecified atom stereocenters. The first-order valence-electron chi connectivity index (χ1n) is 7.61. The van der Waals surface area contributed by atoms with E-state index < -0.39 is 6.09 Å². The van der Waals surface area contributed by atoms with Crippen molar-refractivity contribution in [2.75, 3.05) is 30.1 Å². The van der Waals surface area contributed by atoms with Gasteiger partial charge in [0.05, 0.1) is 17.3 Å². The number of hydrogen-bond acceptors (Lipinski definition) is 4. The molecule has 0 atom stereocenters. The first-order valence-corrected chi connectivity index (χ1v) is 9.21. The van der Waals surface area contributed by atoms with Gasteiger partial charge in [-0.2, -0.15) is 0 Å². The monoisotopic (exact) mass is 364 g/mol. The lowest BCUT2D eigenvalue weighted by atomic mass is 10.2. The first kappa shape index (κ1) is 18.5. The molecule has 0 bridgehead atoms. The third-order valence-electron chi connectivity index (χ3n) is 3.48. The van der Waals surface area contributed by atoms with E-state index in [1.165, 1.54) is 10.5 Å². The molecule has 0 spiro atoms. The number of nitrogens with one attached hydrogen (secondary N) is 1. The maximum atomic E-state index is 11.5. The smallest absolute Gasteiger partial charge is 0.411 e. The molecule has 0 fully saturated rings. The van der Waals surface area contributed by atoms with E-state index in [0.29, 0.717) is 17.3 Å². The fraction of sp³-hybridized carbons (Fsp3) is 0.278. The maximum absolute atomic E-state index is 11.5. The molecule has 24 heavy (non-hydrogen) atoms. The van der Waals surface area contributed by atoms with Gasteiger partial charge in [-0.25, -0.2) is 4.79 Å². The van der Waals surface area contributed by atoms with Gasteiger partial charge in [0.25, 0.3) is 0 Å². The minimum absolute atomic E-state index is 0.319. The molecule has 1 amide bonds. The second-order valence-electron chi connectivity index (χ2n) is 5.21. The van der Waals surface area contributed by atoms with Gasteiger partial charge in [-0.05, 0) is 49.1 Å². The van der Waals surface area contributed by atoms with Gasteiger partial charge >= 0.3 is 6.09 Å². The largest absolute Gasteiger partial charge is 0.450 e. The number of carbonyl (C=O) groups is 1. The van der Waals surface area contributed by atoms with Crippen molar-refractivity contribution in [2.45, 2.75) is 18.4 Å². The maximum Gasteiger partial charge on any atom is 0.411 e. The number of benzene rings is 2. The highest BCUT2D eigenvalue weighted by atomic mass is 35.5. The van der Waals surface area contributed by atoms with Crippen LogP contribution in [0.25, 0.3) is 0 Å². The van der Waals surface area contributed by atoms with Crippen molar-refractivity contribution in [3.63, 3.8) is 0 Å². The van der Waals surface area contributed by atoms with E-state index >= 15 is 0 Å². The summed E-state index contributed by atoms with van der Waals surface area (Å²) in [4.78, 5) is 14.8. The van der Waals surface area contributed by atoms with Gasteiger partial charge in [0.1, 0.15) is 0 Å². The average Bonchev–Trinajstić information content (AvgIpc) is 2.57. The summed E-state index contributed by atoms with van der Waals surface area (Å²) in [6.07, 6.45) is 1.56. The Hall–Kier alpha value is -1.85. The van der Waals surface area contributed by atoms with E-state index in [4.69, 9.17) is 16.3 Å². The van der Waals surface area contributed by atoms with Crippen molar-refractivity contribution in [2.24, 2.45) is 0 Å². The average molecular weight is 365 g/mol. The molecule has 0 aliphatic rings. The number of carbonyl (C=O) groups excluding carboxylic acids is 1. The van der Waals surface area contributed by atoms with Gasteiger partial charge in [0.2, 0.25) is 0 Å². The number of amides is 1. The molecule has 128 valence electrons. The molecule has 0 saturated carbocycles. The van der Waals surface area contributed by atoms with E-state index in [1.54, 1.807) is 24.8 Å². The summed E-state index contributed by atoms with van der Waals surface area (Å²) >= 11 is 7.99. The van der Waals surface area contributed by atoms with Crippen LogP contribution in [0.3, 0.4) is 0 Å². The minimum atomic E-state index is -0.505. The lowest BCUT2D eigenvalue weighted by Gasteiger charge is -2.20. The SMILES string of the molecule is CCOC(=O)Nc1ccc(N(C)Cc2ccc(SC)cc2)cc1Cl. The van der Waals surface area contributed by atoms with E-state index in [-0.39, 0.29) is 0 Å². The van der Waals surface area contributed by atoms with Crippen molar-refractivity contribution < 1.29 is 9.53 Å². The fourth-order valence-corrected chi connectivity index (χ4v) is 2.85. The molecular formula is C18H21ClN2O2S. The lowest BCUT2D eigenvalue weighted by molar-refractivity contribution is 0.168. The Labute approximate surface area is 152 Å². The zero-order valence-electron chi connectivity index (χ0n) is 14.0. The van der Waals surface area contributed by atoms with Gasteiger partial charge in [-0.3, -0.25) is 5.32 Å². The van der Waals surface area contributed by atoms with Gasteiger partial charge in [0.15, 0.2) is 0 Å². The molecule has 0 saturated heterocycles. The Balaban J connectivity index is 2.05. The molecule has 0 aliphatic heterocycles. The van der Waals surface area contributed by atoms with Crippen molar-refractivity contribution in [1.82, 2.24) is 0 Å². The van der Waals surface area contributed by atoms with Crippen molar-refractivity contribution in [3.8, 4) is 0 Å². The van der Waals surface area contributed by atoms with Crippen LogP contribution in [-0.4, -0.2) is 26.0 Å². The summed E-state index contributed by atoms with van der Waals surface area (Å²) in [7, 11) is 2.01. The normalized spacial score (nSPS) is 10.3. The van der Waals surface area contributed by atoms with Crippen LogP contribution >= 0.6 is 23.4 Å². The number of anilines is 2. The summed E-state index contributed by atoms with van der Waals surface area (Å²) in [6.45, 7) is 2.85. The molecule has 0 aliphatic carbocycles. The Morgan fingerprint density at radius 3 is 2.54 bits per heavy atom. The first-order chi connectivity index (χ1) is 11.5. The Morgan fingerprint density at radius 2 is 1.96 bits per heavy atom. The van der Waals surface area contributed by atoms with E-state index in [0.717, 1.165) is 12.2 Å². The molecule has 0 aromatic heterocycles. The molecule has 0 radical (unpaired) electrons. The van der Waals surface area contributed by atoms with E-state index in [2.05, 4.69) is 40.7 Å². The van der Waals surface area contributed by atoms with Crippen LogP contribution < -0.4 is 10.2 Å². The Morgan fingerprint density at radius 1 is 1.25 bits per heavy atom. The van der Waals surface area contributed by atoms with Gasteiger partial charge in [-0.1, -0.05) is 23.7 Å². The molecule has 2 aromatic rings. The predicted octanol–water partition coefficient (Wildman–Crippen LogP) is 5.27. The van der Waals surface area contributed by atoms with Crippen molar-refractivity contribution in [3.05, 3.63) is 53.1 Å². The van der Waals surface area contributed by atoms with Gasteiger partial charge in [0, 0.05) is 24.2 Å². The minimum Gasteiger partial charge on any atom is -0.450 e. The summed E-state index contributed by atoms with van der Waals surface area (Å²) in [5, 5.41) is 3.10. The third kappa shape index (κ3) is 5.08. The fourth-order valence-electron chi connectivity index (χ4n) is 2.22. The molecule has 2 rings (SSSR count). The number of rotatable bonds is 6. The van der Waals surface area contributed by atoms with Gasteiger partial charge < -0.3 is 9.64 Å². The topological polar surface area (TPSA) is 41.6 Å². The number of ether oxygens (including phenoxy) is 1. The van der Waals surface area contributed by atoms with Crippen molar-refractivity contribution >= 4 is 40.8 Å². The van der Waals surface area contributed by atoms with Crippen molar-refractivity contribution in [1.29, 1.82) is 0 Å². The Bertz CT molecular complexity index is 692. The van der Waals surface area contributed by atoms with Gasteiger partial charge in [-0.15, -0.1) is 11.8 Å². The van der Waals surface area contributed by atoms with Crippen LogP contribution in [0, 0.1) is 0 Å². The van der Waals surface area contributed by atoms with E-state index in [9.17, 15) is 4.79 Å². The quantitative estimate of drug-likeness (QED) is 0.709. The molecule has 1 N–H and O–H groups in total. The Kier molecular flexibility index (Phi) is 6.82. The summed E-state index contributed by atoms with van der Waals surface area (Å²) < 4.78 is 4.86. The predicted molar refractivity (Wildman–Crippen MR) is 102 cm³/mol. The number of halogens is 1. The standard InChI is InChI=1S/C18H21ClN2O2S/c1-4-23-18(22)20-17-10-7-14(11-16(17)19)21(2)12-13-5-8-15(24-3)9-6-13/h5-11H,4,12H2,1-3H3,(H,20,22). The molecule has 2 aromatic carbocycles. The molecule has 4 nitrogen and oxygen atoms in total. The van der Waals surface area contributed by atoms with Crippen LogP contribution in [0.5, 0.6) is 0 Å². The lowest BCUT2D eigenvalue weighted by Crippen LogP contribution is -2.17. The van der Waals surface area contributed by atoms with Crippen LogP contribution in [0.1, 0.15) is 12.5 Å². The van der Waals surface area contributed by atoms with E-state index in [1.807, 2.05) is 19.2 Å². The number of thioether (sulfide) groups is 1. The number of nitrogens with zero attached hydrogens (tertiary/aromatic N) is 1. The molecule has 6 heteroatoms. The zero-order chi connectivity index (χ0) is 17.5. The second-order valence-corrected chi connectivity index (χ2v) is 6.50. The second kappa shape index (κ2) is 8.85. The van der Waals surface area contributed by atoms with Crippen LogP contribution in [-0.2, 0) is 11.3 Å². The summed E-state index contributed by atoms with van der Waals surface area (Å²) in [6, 6.07) is 14.0.